The minimum absolute atomic E-state index is 0.0622. The van der Waals surface area contributed by atoms with Crippen LogP contribution in [0.2, 0.25) is 0 Å². The fourth-order valence-corrected chi connectivity index (χ4v) is 3.52. The monoisotopic (exact) mass is 362 g/mol. The van der Waals surface area contributed by atoms with E-state index in [1.165, 1.54) is 25.0 Å². The van der Waals surface area contributed by atoms with Crippen molar-refractivity contribution >= 4 is 0 Å². The van der Waals surface area contributed by atoms with Crippen LogP contribution in [-0.2, 0) is 11.3 Å². The Labute approximate surface area is 152 Å². The SMILES string of the molecule is Cc1oc(-c2cccc(F)c2F)nc1CN(CC1CC1)C[C@@H]1CCCO1. The zero-order chi connectivity index (χ0) is 18.1. The van der Waals surface area contributed by atoms with Crippen LogP contribution in [0, 0.1) is 24.5 Å². The van der Waals surface area contributed by atoms with Crippen LogP contribution in [0.4, 0.5) is 8.78 Å². The van der Waals surface area contributed by atoms with Gasteiger partial charge in [-0.15, -0.1) is 0 Å². The molecule has 0 amide bonds. The number of aryl methyl sites for hydroxylation is 1. The van der Waals surface area contributed by atoms with E-state index in [2.05, 4.69) is 9.88 Å². The summed E-state index contributed by atoms with van der Waals surface area (Å²) in [7, 11) is 0. The van der Waals surface area contributed by atoms with Crippen molar-refractivity contribution in [2.75, 3.05) is 19.7 Å². The number of hydrogen-bond donors (Lipinski definition) is 0. The van der Waals surface area contributed by atoms with Gasteiger partial charge in [0.05, 0.1) is 17.4 Å². The van der Waals surface area contributed by atoms with Gasteiger partial charge in [-0.25, -0.2) is 13.8 Å². The Balaban J connectivity index is 1.52. The van der Waals surface area contributed by atoms with Crippen LogP contribution < -0.4 is 0 Å². The highest BCUT2D eigenvalue weighted by Crippen LogP contribution is 2.31. The maximum absolute atomic E-state index is 14.0. The Morgan fingerprint density at radius 3 is 2.77 bits per heavy atom. The first-order valence-electron chi connectivity index (χ1n) is 9.35. The largest absolute Gasteiger partial charge is 0.441 e. The van der Waals surface area contributed by atoms with Gasteiger partial charge in [0.2, 0.25) is 5.89 Å². The van der Waals surface area contributed by atoms with Crippen molar-refractivity contribution in [3.8, 4) is 11.5 Å². The van der Waals surface area contributed by atoms with Crippen molar-refractivity contribution < 1.29 is 17.9 Å². The maximum atomic E-state index is 14.0. The van der Waals surface area contributed by atoms with E-state index in [0.717, 1.165) is 50.2 Å². The standard InChI is InChI=1S/C20H24F2N2O2/c1-13-18(23-20(26-13)16-5-2-6-17(21)19(16)22)12-24(10-14-7-8-14)11-15-4-3-9-25-15/h2,5-6,14-15H,3-4,7-12H2,1H3/t15-/m0/s1. The number of nitrogens with zero attached hydrogens (tertiary/aromatic N) is 2. The van der Waals surface area contributed by atoms with Gasteiger partial charge < -0.3 is 9.15 Å². The number of halogens is 2. The zero-order valence-corrected chi connectivity index (χ0v) is 15.0. The van der Waals surface area contributed by atoms with E-state index in [9.17, 15) is 8.78 Å². The number of oxazole rings is 1. The molecule has 2 heterocycles. The lowest BCUT2D eigenvalue weighted by Crippen LogP contribution is -2.33. The maximum Gasteiger partial charge on any atom is 0.229 e. The summed E-state index contributed by atoms with van der Waals surface area (Å²) in [6.45, 7) is 5.21. The molecule has 1 atom stereocenters. The van der Waals surface area contributed by atoms with Crippen LogP contribution in [0.15, 0.2) is 22.6 Å². The molecule has 1 aromatic heterocycles. The first-order chi connectivity index (χ1) is 12.6. The van der Waals surface area contributed by atoms with Gasteiger partial charge >= 0.3 is 0 Å². The second-order valence-corrected chi connectivity index (χ2v) is 7.40. The number of ether oxygens (including phenoxy) is 1. The molecule has 1 saturated carbocycles. The second-order valence-electron chi connectivity index (χ2n) is 7.40. The summed E-state index contributed by atoms with van der Waals surface area (Å²) in [5.41, 5.74) is 0.842. The van der Waals surface area contributed by atoms with Crippen LogP contribution in [-0.4, -0.2) is 35.7 Å². The second kappa shape index (κ2) is 7.45. The third-order valence-electron chi connectivity index (χ3n) is 5.15. The van der Waals surface area contributed by atoms with Gasteiger partial charge in [0.15, 0.2) is 11.6 Å². The molecule has 0 spiro atoms. The van der Waals surface area contributed by atoms with E-state index in [1.54, 1.807) is 0 Å². The van der Waals surface area contributed by atoms with E-state index >= 15 is 0 Å². The van der Waals surface area contributed by atoms with Crippen molar-refractivity contribution in [3.05, 3.63) is 41.3 Å². The van der Waals surface area contributed by atoms with Gasteiger partial charge in [0.1, 0.15) is 5.76 Å². The molecule has 2 aliphatic rings. The molecule has 4 rings (SSSR count). The van der Waals surface area contributed by atoms with E-state index in [-0.39, 0.29) is 17.6 Å². The summed E-state index contributed by atoms with van der Waals surface area (Å²) in [6.07, 6.45) is 5.05. The molecule has 4 nitrogen and oxygen atoms in total. The minimum atomic E-state index is -0.922. The topological polar surface area (TPSA) is 38.5 Å². The molecule has 2 fully saturated rings. The molecule has 1 saturated heterocycles. The van der Waals surface area contributed by atoms with Crippen LogP contribution in [0.25, 0.3) is 11.5 Å². The van der Waals surface area contributed by atoms with Crippen molar-refractivity contribution in [1.29, 1.82) is 0 Å². The fraction of sp³-hybridized carbons (Fsp3) is 0.550. The van der Waals surface area contributed by atoms with E-state index in [4.69, 9.17) is 9.15 Å². The van der Waals surface area contributed by atoms with Gasteiger partial charge in [0.25, 0.3) is 0 Å². The Kier molecular flexibility index (Phi) is 5.05. The molecule has 26 heavy (non-hydrogen) atoms. The Morgan fingerprint density at radius 1 is 1.19 bits per heavy atom. The van der Waals surface area contributed by atoms with Crippen molar-refractivity contribution in [2.24, 2.45) is 5.92 Å². The molecular formula is C20H24F2N2O2. The first-order valence-corrected chi connectivity index (χ1v) is 9.35. The molecule has 0 unspecified atom stereocenters. The molecule has 2 aromatic rings. The average Bonchev–Trinajstić information content (AvgIpc) is 3.13. The normalized spacial score (nSPS) is 20.2. The Bertz CT molecular complexity index is 767. The fourth-order valence-electron chi connectivity index (χ4n) is 3.52. The summed E-state index contributed by atoms with van der Waals surface area (Å²) >= 11 is 0. The van der Waals surface area contributed by atoms with Gasteiger partial charge in [0, 0.05) is 26.2 Å². The number of benzene rings is 1. The Hall–Kier alpha value is -1.79. The third kappa shape index (κ3) is 3.96. The summed E-state index contributed by atoms with van der Waals surface area (Å²) in [6, 6.07) is 4.04. The number of hydrogen-bond acceptors (Lipinski definition) is 4. The van der Waals surface area contributed by atoms with Crippen LogP contribution in [0.1, 0.15) is 37.1 Å². The lowest BCUT2D eigenvalue weighted by atomic mass is 10.2. The molecule has 1 aliphatic heterocycles. The van der Waals surface area contributed by atoms with E-state index in [0.29, 0.717) is 12.3 Å². The van der Waals surface area contributed by atoms with Crippen LogP contribution in [0.5, 0.6) is 0 Å². The summed E-state index contributed by atoms with van der Waals surface area (Å²) in [5, 5.41) is 0. The molecule has 0 N–H and O–H groups in total. The van der Waals surface area contributed by atoms with Gasteiger partial charge in [-0.2, -0.15) is 0 Å². The number of aromatic nitrogens is 1. The minimum Gasteiger partial charge on any atom is -0.441 e. The van der Waals surface area contributed by atoms with Gasteiger partial charge in [-0.1, -0.05) is 6.07 Å². The molecule has 6 heteroatoms. The molecule has 1 aromatic carbocycles. The van der Waals surface area contributed by atoms with Crippen molar-refractivity contribution in [2.45, 2.75) is 45.3 Å². The van der Waals surface area contributed by atoms with Crippen LogP contribution in [0.3, 0.4) is 0 Å². The lowest BCUT2D eigenvalue weighted by molar-refractivity contribution is 0.0684. The van der Waals surface area contributed by atoms with Crippen molar-refractivity contribution in [1.82, 2.24) is 9.88 Å². The van der Waals surface area contributed by atoms with Crippen molar-refractivity contribution in [3.63, 3.8) is 0 Å². The number of rotatable bonds is 7. The summed E-state index contributed by atoms with van der Waals surface area (Å²) in [4.78, 5) is 6.83. The molecule has 0 bridgehead atoms. The predicted molar refractivity (Wildman–Crippen MR) is 93.6 cm³/mol. The third-order valence-corrected chi connectivity index (χ3v) is 5.15. The molecule has 1 aliphatic carbocycles. The van der Waals surface area contributed by atoms with E-state index in [1.807, 2.05) is 6.92 Å². The van der Waals surface area contributed by atoms with Gasteiger partial charge in [-0.3, -0.25) is 4.90 Å². The van der Waals surface area contributed by atoms with Crippen LogP contribution >= 0.6 is 0 Å². The first kappa shape index (κ1) is 17.6. The molecule has 0 radical (unpaired) electrons. The highest BCUT2D eigenvalue weighted by atomic mass is 19.2. The summed E-state index contributed by atoms with van der Waals surface area (Å²) in [5.74, 6) is -0.276. The highest BCUT2D eigenvalue weighted by molar-refractivity contribution is 5.54. The zero-order valence-electron chi connectivity index (χ0n) is 15.0. The quantitative estimate of drug-likeness (QED) is 0.735. The van der Waals surface area contributed by atoms with Gasteiger partial charge in [-0.05, 0) is 50.7 Å². The smallest absolute Gasteiger partial charge is 0.229 e. The van der Waals surface area contributed by atoms with E-state index < -0.39 is 11.6 Å². The Morgan fingerprint density at radius 2 is 2.04 bits per heavy atom. The highest BCUT2D eigenvalue weighted by Gasteiger charge is 2.28. The molecule has 140 valence electrons. The average molecular weight is 362 g/mol. The summed E-state index contributed by atoms with van der Waals surface area (Å²) < 4.78 is 39.0. The molecular weight excluding hydrogens is 338 g/mol. The predicted octanol–water partition coefficient (Wildman–Crippen LogP) is 4.32. The lowest BCUT2D eigenvalue weighted by Gasteiger charge is -2.24.